The van der Waals surface area contributed by atoms with Gasteiger partial charge < -0.3 is 9.67 Å². The molecule has 2 heterocycles. The highest BCUT2D eigenvalue weighted by atomic mass is 32.2. The molecule has 9 heteroatoms. The second-order valence-corrected chi connectivity index (χ2v) is 4.18. The first-order valence-corrected chi connectivity index (χ1v) is 5.70. The predicted molar refractivity (Wildman–Crippen MR) is 58.5 cm³/mol. The van der Waals surface area contributed by atoms with Crippen molar-refractivity contribution in [3.05, 3.63) is 18.5 Å². The Bertz CT molecular complexity index is 508. The minimum atomic E-state index is -0.879. The van der Waals surface area contributed by atoms with Gasteiger partial charge in [0.15, 0.2) is 11.0 Å². The van der Waals surface area contributed by atoms with Crippen molar-refractivity contribution in [1.82, 2.24) is 29.5 Å². The van der Waals surface area contributed by atoms with Crippen LogP contribution in [0.5, 0.6) is 0 Å². The predicted octanol–water partition coefficient (Wildman–Crippen LogP) is -0.368. The lowest BCUT2D eigenvalue weighted by molar-refractivity contribution is -0.133. The average molecular weight is 254 g/mol. The summed E-state index contributed by atoms with van der Waals surface area (Å²) < 4.78 is 3.37. The third kappa shape index (κ3) is 2.81. The highest BCUT2D eigenvalue weighted by Gasteiger charge is 2.11. The number of nitrogens with zero attached hydrogens (tertiary/aromatic N) is 6. The number of aliphatic carboxylic acids is 1. The topological polar surface area (TPSA) is 98.7 Å². The maximum atomic E-state index is 10.4. The first-order chi connectivity index (χ1) is 8.16. The van der Waals surface area contributed by atoms with E-state index in [1.807, 2.05) is 0 Å². The molecule has 0 saturated carbocycles. The molecular formula is C8H10N6O2S. The molecule has 0 aliphatic heterocycles. The summed E-state index contributed by atoms with van der Waals surface area (Å²) in [7, 11) is 1.79. The van der Waals surface area contributed by atoms with Gasteiger partial charge in [0.2, 0.25) is 0 Å². The first kappa shape index (κ1) is 11.6. The van der Waals surface area contributed by atoms with Crippen molar-refractivity contribution in [3.63, 3.8) is 0 Å². The van der Waals surface area contributed by atoms with Crippen LogP contribution in [0, 0.1) is 0 Å². The summed E-state index contributed by atoms with van der Waals surface area (Å²) in [5, 5.41) is 21.0. The minimum absolute atomic E-state index is 0.0324. The van der Waals surface area contributed by atoms with Crippen LogP contribution < -0.4 is 0 Å². The molecule has 0 unspecified atom stereocenters. The van der Waals surface area contributed by atoms with E-state index in [2.05, 4.69) is 20.3 Å². The van der Waals surface area contributed by atoms with Gasteiger partial charge in [0.1, 0.15) is 19.2 Å². The standard InChI is InChI=1S/C8H10N6O2S/c1-13-6(2-14-5-9-4-10-14)11-12-8(13)17-3-7(15)16/h4-5H,2-3H2,1H3,(H,15,16). The number of hydrogen-bond donors (Lipinski definition) is 1. The molecular weight excluding hydrogens is 244 g/mol. The molecule has 17 heavy (non-hydrogen) atoms. The first-order valence-electron chi connectivity index (χ1n) is 4.72. The van der Waals surface area contributed by atoms with Crippen molar-refractivity contribution < 1.29 is 9.90 Å². The normalized spacial score (nSPS) is 10.6. The van der Waals surface area contributed by atoms with E-state index in [9.17, 15) is 4.79 Å². The van der Waals surface area contributed by atoms with Gasteiger partial charge in [-0.1, -0.05) is 11.8 Å². The van der Waals surface area contributed by atoms with Crippen molar-refractivity contribution in [3.8, 4) is 0 Å². The van der Waals surface area contributed by atoms with Gasteiger partial charge in [-0.3, -0.25) is 4.79 Å². The molecule has 0 aromatic carbocycles. The summed E-state index contributed by atoms with van der Waals surface area (Å²) in [6, 6.07) is 0. The fraction of sp³-hybridized carbons (Fsp3) is 0.375. The fourth-order valence-electron chi connectivity index (χ4n) is 1.19. The monoisotopic (exact) mass is 254 g/mol. The van der Waals surface area contributed by atoms with Crippen LogP contribution in [0.2, 0.25) is 0 Å². The van der Waals surface area contributed by atoms with Gasteiger partial charge >= 0.3 is 5.97 Å². The third-order valence-electron chi connectivity index (χ3n) is 2.02. The van der Waals surface area contributed by atoms with Crippen molar-refractivity contribution >= 4 is 17.7 Å². The summed E-state index contributed by atoms with van der Waals surface area (Å²) in [6.07, 6.45) is 3.02. The van der Waals surface area contributed by atoms with Crippen LogP contribution in [-0.2, 0) is 18.4 Å². The SMILES string of the molecule is Cn1c(Cn2cncn2)nnc1SCC(=O)O. The Labute approximate surface area is 101 Å². The summed E-state index contributed by atoms with van der Waals surface area (Å²) in [5.74, 6) is -0.214. The van der Waals surface area contributed by atoms with E-state index >= 15 is 0 Å². The summed E-state index contributed by atoms with van der Waals surface area (Å²) >= 11 is 1.13. The van der Waals surface area contributed by atoms with Crippen LogP contribution in [0.15, 0.2) is 17.8 Å². The Morgan fingerprint density at radius 1 is 1.53 bits per heavy atom. The van der Waals surface area contributed by atoms with Crippen LogP contribution in [0.1, 0.15) is 5.82 Å². The van der Waals surface area contributed by atoms with E-state index in [0.717, 1.165) is 11.8 Å². The Morgan fingerprint density at radius 3 is 3.00 bits per heavy atom. The summed E-state index contributed by atoms with van der Waals surface area (Å²) in [5.41, 5.74) is 0. The van der Waals surface area contributed by atoms with Gasteiger partial charge in [-0.05, 0) is 0 Å². The smallest absolute Gasteiger partial charge is 0.313 e. The van der Waals surface area contributed by atoms with Gasteiger partial charge in [-0.15, -0.1) is 10.2 Å². The van der Waals surface area contributed by atoms with E-state index in [0.29, 0.717) is 17.5 Å². The van der Waals surface area contributed by atoms with E-state index in [-0.39, 0.29) is 5.75 Å². The molecule has 2 aromatic heterocycles. The quantitative estimate of drug-likeness (QED) is 0.727. The molecule has 0 spiro atoms. The van der Waals surface area contributed by atoms with Crippen LogP contribution in [0.4, 0.5) is 0 Å². The molecule has 0 bridgehead atoms. The molecule has 0 fully saturated rings. The zero-order chi connectivity index (χ0) is 12.3. The highest BCUT2D eigenvalue weighted by Crippen LogP contribution is 2.15. The molecule has 0 aliphatic carbocycles. The van der Waals surface area contributed by atoms with Crippen LogP contribution in [0.25, 0.3) is 0 Å². The molecule has 0 aliphatic rings. The van der Waals surface area contributed by atoms with Crippen LogP contribution in [0.3, 0.4) is 0 Å². The Balaban J connectivity index is 2.07. The van der Waals surface area contributed by atoms with E-state index in [1.165, 1.54) is 6.33 Å². The number of carbonyl (C=O) groups is 1. The third-order valence-corrected chi connectivity index (χ3v) is 3.02. The molecule has 1 N–H and O–H groups in total. The molecule has 0 saturated heterocycles. The molecule has 2 rings (SSSR count). The minimum Gasteiger partial charge on any atom is -0.481 e. The number of thioether (sulfide) groups is 1. The molecule has 0 radical (unpaired) electrons. The summed E-state index contributed by atoms with van der Waals surface area (Å²) in [6.45, 7) is 0.455. The van der Waals surface area contributed by atoms with Crippen molar-refractivity contribution in [2.75, 3.05) is 5.75 Å². The molecule has 90 valence electrons. The second-order valence-electron chi connectivity index (χ2n) is 3.23. The average Bonchev–Trinajstić information content (AvgIpc) is 2.89. The highest BCUT2D eigenvalue weighted by molar-refractivity contribution is 7.99. The zero-order valence-corrected chi connectivity index (χ0v) is 9.83. The maximum absolute atomic E-state index is 10.4. The van der Waals surface area contributed by atoms with Gasteiger partial charge in [0, 0.05) is 7.05 Å². The maximum Gasteiger partial charge on any atom is 0.313 e. The van der Waals surface area contributed by atoms with Crippen molar-refractivity contribution in [2.24, 2.45) is 7.05 Å². The zero-order valence-electron chi connectivity index (χ0n) is 9.02. The number of hydrogen-bond acceptors (Lipinski definition) is 6. The van der Waals surface area contributed by atoms with E-state index in [1.54, 1.807) is 22.6 Å². The Hall–Kier alpha value is -1.90. The van der Waals surface area contributed by atoms with Crippen LogP contribution >= 0.6 is 11.8 Å². The van der Waals surface area contributed by atoms with Crippen LogP contribution in [-0.4, -0.2) is 46.4 Å². The second kappa shape index (κ2) is 4.95. The summed E-state index contributed by atoms with van der Waals surface area (Å²) in [4.78, 5) is 14.3. The number of carboxylic acid groups (broad SMARTS) is 1. The fourth-order valence-corrected chi connectivity index (χ4v) is 1.84. The van der Waals surface area contributed by atoms with Gasteiger partial charge in [-0.2, -0.15) is 5.10 Å². The van der Waals surface area contributed by atoms with Crippen molar-refractivity contribution in [2.45, 2.75) is 11.7 Å². The molecule has 2 aromatic rings. The van der Waals surface area contributed by atoms with E-state index < -0.39 is 5.97 Å². The Kier molecular flexibility index (Phi) is 3.38. The molecule has 8 nitrogen and oxygen atoms in total. The largest absolute Gasteiger partial charge is 0.481 e. The number of aromatic nitrogens is 6. The number of carboxylic acids is 1. The van der Waals surface area contributed by atoms with Gasteiger partial charge in [0.25, 0.3) is 0 Å². The van der Waals surface area contributed by atoms with Crippen molar-refractivity contribution in [1.29, 1.82) is 0 Å². The Morgan fingerprint density at radius 2 is 2.35 bits per heavy atom. The van der Waals surface area contributed by atoms with Gasteiger partial charge in [-0.25, -0.2) is 9.67 Å². The molecule has 0 amide bonds. The van der Waals surface area contributed by atoms with Gasteiger partial charge in [0.05, 0.1) is 5.75 Å². The molecule has 0 atom stereocenters. The van der Waals surface area contributed by atoms with E-state index in [4.69, 9.17) is 5.11 Å². The lowest BCUT2D eigenvalue weighted by atomic mass is 10.6. The number of rotatable bonds is 5. The lowest BCUT2D eigenvalue weighted by Crippen LogP contribution is -2.07. The lowest BCUT2D eigenvalue weighted by Gasteiger charge is -2.02.